The molecule has 4 aliphatic rings. The number of carbonyl (C=O) groups excluding carboxylic acids is 1. The molecule has 118 valence electrons. The summed E-state index contributed by atoms with van der Waals surface area (Å²) in [5, 5.41) is 0. The molecule has 0 bridgehead atoms. The summed E-state index contributed by atoms with van der Waals surface area (Å²) in [6.45, 7) is 2.65. The normalized spacial score (nSPS) is 35.8. The van der Waals surface area contributed by atoms with Gasteiger partial charge >= 0.3 is 6.09 Å². The van der Waals surface area contributed by atoms with Gasteiger partial charge in [0.2, 0.25) is 0 Å². The number of fused-ring (bicyclic) bond motifs is 2. The highest BCUT2D eigenvalue weighted by Gasteiger charge is 2.45. The van der Waals surface area contributed by atoms with Gasteiger partial charge in [-0.3, -0.25) is 4.99 Å². The summed E-state index contributed by atoms with van der Waals surface area (Å²) in [5.41, 5.74) is 2.12. The van der Waals surface area contributed by atoms with Crippen molar-refractivity contribution in [3.63, 3.8) is 0 Å². The lowest BCUT2D eigenvalue weighted by Gasteiger charge is -2.33. The fraction of sp³-hybridized carbons (Fsp3) is 0.500. The Morgan fingerprint density at radius 3 is 3.09 bits per heavy atom. The van der Waals surface area contributed by atoms with Crippen LogP contribution in [0.1, 0.15) is 19.8 Å². The smallest absolute Gasteiger partial charge is 0.410 e. The van der Waals surface area contributed by atoms with Crippen LogP contribution in [0.4, 0.5) is 4.79 Å². The third kappa shape index (κ3) is 2.31. The first-order valence-electron chi connectivity index (χ1n) is 7.18. The molecule has 22 heavy (non-hydrogen) atoms. The van der Waals surface area contributed by atoms with Crippen LogP contribution in [0.5, 0.6) is 0 Å². The number of amides is 1. The lowest BCUT2D eigenvalue weighted by atomic mass is 9.88. The minimum Gasteiger partial charge on any atom is -1.00 e. The lowest BCUT2D eigenvalue weighted by Crippen LogP contribution is -3.07. The molecule has 0 saturated carbocycles. The van der Waals surface area contributed by atoms with Crippen molar-refractivity contribution < 1.29 is 26.8 Å². The van der Waals surface area contributed by atoms with E-state index in [1.54, 1.807) is 6.20 Å². The number of quaternary nitrogens is 1. The second-order valence-corrected chi connectivity index (χ2v) is 6.54. The van der Waals surface area contributed by atoms with Gasteiger partial charge in [-0.25, -0.2) is 9.69 Å². The van der Waals surface area contributed by atoms with Gasteiger partial charge in [-0.2, -0.15) is 4.99 Å². The molecule has 0 aromatic carbocycles. The number of cyclic esters (lactones) is 1. The number of carbonyl (C=O) groups is 1. The lowest BCUT2D eigenvalue weighted by molar-refractivity contribution is -0.685. The fourth-order valence-corrected chi connectivity index (χ4v) is 4.07. The van der Waals surface area contributed by atoms with Crippen LogP contribution in [0.2, 0.25) is 0 Å². The van der Waals surface area contributed by atoms with E-state index in [0.29, 0.717) is 6.54 Å². The van der Waals surface area contributed by atoms with Gasteiger partial charge in [0, 0.05) is 28.4 Å². The van der Waals surface area contributed by atoms with E-state index in [0.717, 1.165) is 33.9 Å². The number of rotatable bonds is 1. The van der Waals surface area contributed by atoms with E-state index < -0.39 is 0 Å². The standard InChI is InChI=1S/C14H15BrN4O2.ClH/c1-8-10-3-2-9(7-19(10)14(20)21-8)12-11-6-16-4-5-18(11)13(15)17-12;/h4-6,8-10H,2-3,7H2,1H3;1H/t8?,9-,10+;/m1./s1. The molecule has 0 radical (unpaired) electrons. The third-order valence-electron chi connectivity index (χ3n) is 4.62. The van der Waals surface area contributed by atoms with Gasteiger partial charge in [0.05, 0.1) is 18.5 Å². The van der Waals surface area contributed by atoms with Gasteiger partial charge in [-0.15, -0.1) is 0 Å². The number of nitrogens with one attached hydrogen (secondary N) is 1. The number of aliphatic imine (C=N–C) groups is 2. The van der Waals surface area contributed by atoms with E-state index in [2.05, 4.69) is 25.9 Å². The summed E-state index contributed by atoms with van der Waals surface area (Å²) >= 11 is 3.52. The molecule has 0 aliphatic carbocycles. The molecule has 4 heterocycles. The molecule has 2 saturated heterocycles. The predicted molar refractivity (Wildman–Crippen MR) is 81.1 cm³/mol. The summed E-state index contributed by atoms with van der Waals surface area (Å²) in [7, 11) is 0. The molecule has 1 N–H and O–H groups in total. The fourth-order valence-electron chi connectivity index (χ4n) is 3.53. The summed E-state index contributed by atoms with van der Waals surface area (Å²) in [6, 6.07) is 0.219. The molecule has 2 unspecified atom stereocenters. The number of amidine groups is 1. The minimum atomic E-state index is -0.190. The van der Waals surface area contributed by atoms with Crippen molar-refractivity contribution >= 4 is 33.0 Å². The number of hydrogen-bond acceptors (Lipinski definition) is 4. The second-order valence-electron chi connectivity index (χ2n) is 5.79. The molecular formula is C14H16BrClN4O2. The predicted octanol–water partition coefficient (Wildman–Crippen LogP) is -1.97. The van der Waals surface area contributed by atoms with E-state index in [-0.39, 0.29) is 36.6 Å². The Hall–Kier alpha value is -1.18. The van der Waals surface area contributed by atoms with Crippen molar-refractivity contribution in [2.75, 3.05) is 6.54 Å². The van der Waals surface area contributed by atoms with E-state index in [1.807, 2.05) is 24.2 Å². The average molecular weight is 388 g/mol. The molecule has 0 spiro atoms. The Bertz CT molecular complexity index is 630. The Morgan fingerprint density at radius 1 is 1.45 bits per heavy atom. The van der Waals surface area contributed by atoms with Crippen LogP contribution < -0.4 is 17.3 Å². The van der Waals surface area contributed by atoms with Gasteiger partial charge in [0.1, 0.15) is 18.0 Å². The largest absolute Gasteiger partial charge is 1.00 e. The number of ether oxygens (including phenoxy) is 1. The second kappa shape index (κ2) is 5.79. The minimum absolute atomic E-state index is 0. The average Bonchev–Trinajstić information content (AvgIpc) is 2.98. The van der Waals surface area contributed by atoms with Crippen LogP contribution in [-0.2, 0) is 4.74 Å². The van der Waals surface area contributed by atoms with E-state index >= 15 is 0 Å². The van der Waals surface area contributed by atoms with Crippen molar-refractivity contribution in [1.29, 1.82) is 0 Å². The zero-order chi connectivity index (χ0) is 14.6. The molecule has 6 nitrogen and oxygen atoms in total. The SMILES string of the molecule is CC1OC(=O)N2C[C@H](C3=C4C=NC=C[NH+]4C(Br)=N3)CC[C@@H]12.[Cl-]. The number of piperidine rings is 1. The van der Waals surface area contributed by atoms with Crippen molar-refractivity contribution in [2.45, 2.75) is 31.9 Å². The molecule has 4 aliphatic heterocycles. The molecule has 4 rings (SSSR count). The summed E-state index contributed by atoms with van der Waals surface area (Å²) in [5.74, 6) is 0.247. The molecule has 0 aromatic heterocycles. The molecule has 0 aromatic rings. The Kier molecular flexibility index (Phi) is 4.13. The Balaban J connectivity index is 0.00000144. The van der Waals surface area contributed by atoms with Gasteiger partial charge < -0.3 is 22.0 Å². The van der Waals surface area contributed by atoms with Crippen LogP contribution >= 0.6 is 15.9 Å². The highest BCUT2D eigenvalue weighted by Crippen LogP contribution is 2.35. The van der Waals surface area contributed by atoms with E-state index in [1.165, 1.54) is 0 Å². The monoisotopic (exact) mass is 386 g/mol. The van der Waals surface area contributed by atoms with Crippen molar-refractivity contribution in [1.82, 2.24) is 4.90 Å². The third-order valence-corrected chi connectivity index (χ3v) is 5.22. The van der Waals surface area contributed by atoms with Crippen molar-refractivity contribution in [3.05, 3.63) is 23.8 Å². The Morgan fingerprint density at radius 2 is 2.27 bits per heavy atom. The van der Waals surface area contributed by atoms with Crippen LogP contribution in [0, 0.1) is 5.92 Å². The van der Waals surface area contributed by atoms with E-state index in [9.17, 15) is 4.79 Å². The maximum atomic E-state index is 11.9. The molecule has 8 heteroatoms. The van der Waals surface area contributed by atoms with E-state index in [4.69, 9.17) is 4.74 Å². The highest BCUT2D eigenvalue weighted by atomic mass is 79.9. The quantitative estimate of drug-likeness (QED) is 0.531. The number of hydrogen-bond donors (Lipinski definition) is 1. The van der Waals surface area contributed by atoms with Crippen LogP contribution in [0.3, 0.4) is 0 Å². The van der Waals surface area contributed by atoms with Gasteiger partial charge in [0.25, 0.3) is 4.74 Å². The van der Waals surface area contributed by atoms with Crippen molar-refractivity contribution in [3.8, 4) is 0 Å². The summed E-state index contributed by atoms with van der Waals surface area (Å²) < 4.78 is 6.19. The maximum absolute atomic E-state index is 11.9. The topological polar surface area (TPSA) is 58.7 Å². The van der Waals surface area contributed by atoms with Crippen LogP contribution in [-0.4, -0.2) is 40.6 Å². The zero-order valence-corrected chi connectivity index (χ0v) is 14.3. The van der Waals surface area contributed by atoms with Crippen molar-refractivity contribution in [2.24, 2.45) is 15.9 Å². The number of halogens is 2. The molecule has 2 fully saturated rings. The Labute approximate surface area is 143 Å². The van der Waals surface area contributed by atoms with Gasteiger partial charge in [-0.05, 0) is 19.8 Å². The first kappa shape index (κ1) is 15.7. The number of nitrogens with zero attached hydrogens (tertiary/aromatic N) is 3. The highest BCUT2D eigenvalue weighted by molar-refractivity contribution is 9.18. The van der Waals surface area contributed by atoms with Gasteiger partial charge in [0.15, 0.2) is 5.70 Å². The maximum Gasteiger partial charge on any atom is 0.410 e. The van der Waals surface area contributed by atoms with Crippen LogP contribution in [0.15, 0.2) is 33.8 Å². The summed E-state index contributed by atoms with van der Waals surface area (Å²) in [6.07, 6.45) is 7.39. The van der Waals surface area contributed by atoms with Gasteiger partial charge in [-0.1, -0.05) is 0 Å². The molecule has 1 amide bonds. The zero-order valence-electron chi connectivity index (χ0n) is 12.0. The summed E-state index contributed by atoms with van der Waals surface area (Å²) in [4.78, 5) is 23.8. The first-order valence-corrected chi connectivity index (χ1v) is 7.97. The molecule has 4 atom stereocenters. The molecular weight excluding hydrogens is 372 g/mol. The van der Waals surface area contributed by atoms with Crippen LogP contribution in [0.25, 0.3) is 0 Å². The number of allylic oxidation sites excluding steroid dienone is 1. The first-order chi connectivity index (χ1) is 10.1.